The van der Waals surface area contributed by atoms with Crippen LogP contribution in [-0.4, -0.2) is 29.1 Å². The van der Waals surface area contributed by atoms with Crippen LogP contribution in [0.4, 0.5) is 11.4 Å². The molecule has 110 valence electrons. The number of hydrogen-bond donors (Lipinski definition) is 1. The van der Waals surface area contributed by atoms with Gasteiger partial charge in [-0.1, -0.05) is 13.8 Å². The summed E-state index contributed by atoms with van der Waals surface area (Å²) in [7, 11) is 0. The minimum absolute atomic E-state index is 0.0560. The number of nitro benzene ring substituents is 1. The maximum Gasteiger partial charge on any atom is 0.336 e. The third-order valence-corrected chi connectivity index (χ3v) is 3.10. The molecule has 0 radical (unpaired) electrons. The van der Waals surface area contributed by atoms with Crippen LogP contribution >= 0.6 is 0 Å². The van der Waals surface area contributed by atoms with E-state index in [1.807, 2.05) is 25.7 Å². The van der Waals surface area contributed by atoms with Crippen LogP contribution in [0.1, 0.15) is 36.7 Å². The van der Waals surface area contributed by atoms with Crippen molar-refractivity contribution in [2.24, 2.45) is 5.92 Å². The molecule has 0 aliphatic carbocycles. The van der Waals surface area contributed by atoms with E-state index in [-0.39, 0.29) is 11.3 Å². The summed E-state index contributed by atoms with van der Waals surface area (Å²) in [4.78, 5) is 23.6. The molecule has 20 heavy (non-hydrogen) atoms. The molecule has 1 rings (SSSR count). The number of hydrogen-bond acceptors (Lipinski definition) is 4. The van der Waals surface area contributed by atoms with E-state index in [1.165, 1.54) is 6.07 Å². The highest BCUT2D eigenvalue weighted by atomic mass is 16.6. The minimum atomic E-state index is -1.16. The monoisotopic (exact) mass is 280 g/mol. The lowest BCUT2D eigenvalue weighted by Gasteiger charge is -2.27. The van der Waals surface area contributed by atoms with Gasteiger partial charge in [-0.15, -0.1) is 0 Å². The van der Waals surface area contributed by atoms with Crippen LogP contribution in [0, 0.1) is 23.0 Å². The second kappa shape index (κ2) is 6.36. The first-order valence-electron chi connectivity index (χ1n) is 6.55. The first-order chi connectivity index (χ1) is 9.27. The molecule has 0 aliphatic heterocycles. The first-order valence-corrected chi connectivity index (χ1v) is 6.55. The Morgan fingerprint density at radius 2 is 2.05 bits per heavy atom. The van der Waals surface area contributed by atoms with Crippen molar-refractivity contribution < 1.29 is 14.8 Å². The summed E-state index contributed by atoms with van der Waals surface area (Å²) in [6, 6.07) is 2.63. The van der Waals surface area contributed by atoms with Crippen LogP contribution in [0.2, 0.25) is 0 Å². The summed E-state index contributed by atoms with van der Waals surface area (Å²) in [5, 5.41) is 20.2. The van der Waals surface area contributed by atoms with Gasteiger partial charge in [0, 0.05) is 24.8 Å². The zero-order valence-corrected chi connectivity index (χ0v) is 12.2. The van der Waals surface area contributed by atoms with Gasteiger partial charge in [0.2, 0.25) is 0 Å². The predicted molar refractivity (Wildman–Crippen MR) is 77.5 cm³/mol. The van der Waals surface area contributed by atoms with Crippen LogP contribution in [0.15, 0.2) is 12.1 Å². The average Bonchev–Trinajstić information content (AvgIpc) is 2.35. The molecule has 0 unspecified atom stereocenters. The number of aromatic carboxylic acids is 1. The van der Waals surface area contributed by atoms with E-state index in [2.05, 4.69) is 0 Å². The number of nitro groups is 1. The first kappa shape index (κ1) is 15.9. The fourth-order valence-corrected chi connectivity index (χ4v) is 2.16. The van der Waals surface area contributed by atoms with Crippen LogP contribution in [0.3, 0.4) is 0 Å². The quantitative estimate of drug-likeness (QED) is 0.639. The normalized spacial score (nSPS) is 10.7. The van der Waals surface area contributed by atoms with Gasteiger partial charge in [-0.2, -0.15) is 0 Å². The lowest BCUT2D eigenvalue weighted by Crippen LogP contribution is -2.28. The van der Waals surface area contributed by atoms with Gasteiger partial charge in [0.05, 0.1) is 16.1 Å². The maximum atomic E-state index is 11.1. The van der Waals surface area contributed by atoms with E-state index in [4.69, 9.17) is 5.11 Å². The van der Waals surface area contributed by atoms with E-state index >= 15 is 0 Å². The SMILES string of the molecule is CCN(CC(C)C)c1cc(C(=O)O)cc([N+](=O)[O-])c1C. The number of carboxylic acids is 1. The molecule has 0 fully saturated rings. The molecule has 6 heteroatoms. The number of benzene rings is 1. The minimum Gasteiger partial charge on any atom is -0.478 e. The van der Waals surface area contributed by atoms with Crippen molar-refractivity contribution in [3.05, 3.63) is 33.4 Å². The molecule has 0 aromatic heterocycles. The molecule has 6 nitrogen and oxygen atoms in total. The molecule has 0 aliphatic rings. The molecule has 0 spiro atoms. The molecule has 0 atom stereocenters. The lowest BCUT2D eigenvalue weighted by molar-refractivity contribution is -0.385. The van der Waals surface area contributed by atoms with Crippen LogP contribution in [0.25, 0.3) is 0 Å². The second-order valence-electron chi connectivity index (χ2n) is 5.13. The van der Waals surface area contributed by atoms with Gasteiger partial charge in [-0.05, 0) is 25.8 Å². The van der Waals surface area contributed by atoms with Crippen LogP contribution in [-0.2, 0) is 0 Å². The predicted octanol–water partition coefficient (Wildman–Crippen LogP) is 3.08. The van der Waals surface area contributed by atoms with Gasteiger partial charge in [-0.25, -0.2) is 4.79 Å². The van der Waals surface area contributed by atoms with Crippen molar-refractivity contribution in [3.8, 4) is 0 Å². The summed E-state index contributed by atoms with van der Waals surface area (Å²) in [6.45, 7) is 9.08. The molecule has 0 saturated heterocycles. The zero-order valence-electron chi connectivity index (χ0n) is 12.2. The van der Waals surface area contributed by atoms with Crippen molar-refractivity contribution in [1.29, 1.82) is 0 Å². The number of rotatable bonds is 6. The Morgan fingerprint density at radius 3 is 2.45 bits per heavy atom. The Morgan fingerprint density at radius 1 is 1.45 bits per heavy atom. The molecular weight excluding hydrogens is 260 g/mol. The molecule has 1 aromatic carbocycles. The van der Waals surface area contributed by atoms with Gasteiger partial charge >= 0.3 is 5.97 Å². The highest BCUT2D eigenvalue weighted by Gasteiger charge is 2.22. The molecule has 0 saturated carbocycles. The standard InChI is InChI=1S/C14H20N2O4/c1-5-15(8-9(2)3)12-6-11(14(17)18)7-13(10(12)4)16(19)20/h6-7,9H,5,8H2,1-4H3,(H,17,18). The summed E-state index contributed by atoms with van der Waals surface area (Å²) < 4.78 is 0. The zero-order chi connectivity index (χ0) is 15.4. The van der Waals surface area contributed by atoms with Crippen molar-refractivity contribution in [1.82, 2.24) is 0 Å². The van der Waals surface area contributed by atoms with Gasteiger partial charge in [-0.3, -0.25) is 10.1 Å². The Hall–Kier alpha value is -2.11. The Kier molecular flexibility index (Phi) is 5.07. The third kappa shape index (κ3) is 3.46. The summed E-state index contributed by atoms with van der Waals surface area (Å²) in [5.41, 5.74) is 0.914. The van der Waals surface area contributed by atoms with E-state index in [0.717, 1.165) is 12.6 Å². The molecule has 0 amide bonds. The summed E-state index contributed by atoms with van der Waals surface area (Å²) in [5.74, 6) is -0.781. The number of nitrogens with zero attached hydrogens (tertiary/aromatic N) is 2. The Bertz CT molecular complexity index is 526. The van der Waals surface area contributed by atoms with Gasteiger partial charge < -0.3 is 10.0 Å². The second-order valence-corrected chi connectivity index (χ2v) is 5.13. The van der Waals surface area contributed by atoms with Crippen molar-refractivity contribution in [3.63, 3.8) is 0 Å². The third-order valence-electron chi connectivity index (χ3n) is 3.10. The van der Waals surface area contributed by atoms with Crippen LogP contribution in [0.5, 0.6) is 0 Å². The number of carboxylic acid groups (broad SMARTS) is 1. The summed E-state index contributed by atoms with van der Waals surface area (Å²) >= 11 is 0. The molecular formula is C14H20N2O4. The van der Waals surface area contributed by atoms with Crippen LogP contribution < -0.4 is 4.90 Å². The highest BCUT2D eigenvalue weighted by molar-refractivity contribution is 5.90. The largest absolute Gasteiger partial charge is 0.478 e. The van der Waals surface area contributed by atoms with Crippen molar-refractivity contribution >= 4 is 17.3 Å². The maximum absolute atomic E-state index is 11.1. The highest BCUT2D eigenvalue weighted by Crippen LogP contribution is 2.31. The smallest absolute Gasteiger partial charge is 0.336 e. The summed E-state index contributed by atoms with van der Waals surface area (Å²) in [6.07, 6.45) is 0. The fourth-order valence-electron chi connectivity index (χ4n) is 2.16. The molecule has 1 N–H and O–H groups in total. The van der Waals surface area contributed by atoms with E-state index in [1.54, 1.807) is 6.92 Å². The number of anilines is 1. The fraction of sp³-hybridized carbons (Fsp3) is 0.500. The van der Waals surface area contributed by atoms with E-state index < -0.39 is 10.9 Å². The van der Waals surface area contributed by atoms with Gasteiger partial charge in [0.15, 0.2) is 0 Å². The van der Waals surface area contributed by atoms with Crippen molar-refractivity contribution in [2.45, 2.75) is 27.7 Å². The van der Waals surface area contributed by atoms with Crippen molar-refractivity contribution in [2.75, 3.05) is 18.0 Å². The van der Waals surface area contributed by atoms with Gasteiger partial charge in [0.25, 0.3) is 5.69 Å². The molecule has 0 bridgehead atoms. The Labute approximate surface area is 118 Å². The lowest BCUT2D eigenvalue weighted by atomic mass is 10.1. The van der Waals surface area contributed by atoms with E-state index in [9.17, 15) is 14.9 Å². The molecule has 0 heterocycles. The Balaban J connectivity index is 3.42. The van der Waals surface area contributed by atoms with E-state index in [0.29, 0.717) is 23.7 Å². The topological polar surface area (TPSA) is 83.7 Å². The average molecular weight is 280 g/mol. The number of carbonyl (C=O) groups is 1. The van der Waals surface area contributed by atoms with Gasteiger partial charge in [0.1, 0.15) is 0 Å². The molecule has 1 aromatic rings.